The normalized spacial score (nSPS) is 11.3. The van der Waals surface area contributed by atoms with Crippen LogP contribution in [0, 0.1) is 6.07 Å². The predicted octanol–water partition coefficient (Wildman–Crippen LogP) is 1.95. The van der Waals surface area contributed by atoms with Gasteiger partial charge in [0, 0.05) is 6.26 Å². The van der Waals surface area contributed by atoms with Crippen LogP contribution in [0.1, 0.15) is 6.42 Å². The Kier molecular flexibility index (Phi) is 4.42. The Hall–Kier alpha value is -0.740. The van der Waals surface area contributed by atoms with E-state index in [1.165, 1.54) is 6.26 Å². The molecule has 0 spiro atoms. The highest BCUT2D eigenvalue weighted by Gasteiger charge is 2.03. The van der Waals surface area contributed by atoms with Crippen molar-refractivity contribution in [2.75, 3.05) is 18.6 Å². The molecule has 0 saturated carbocycles. The van der Waals surface area contributed by atoms with Crippen molar-refractivity contribution in [3.05, 3.63) is 29.3 Å². The average molecular weight is 248 g/mol. The lowest BCUT2D eigenvalue weighted by Crippen LogP contribution is -2.08. The fourth-order valence-corrected chi connectivity index (χ4v) is 1.84. The van der Waals surface area contributed by atoms with Crippen LogP contribution >= 0.6 is 11.6 Å². The van der Waals surface area contributed by atoms with E-state index in [-0.39, 0.29) is 5.75 Å². The van der Waals surface area contributed by atoms with Crippen LogP contribution in [-0.4, -0.2) is 27.0 Å². The van der Waals surface area contributed by atoms with E-state index >= 15 is 0 Å². The molecule has 1 rings (SSSR count). The molecule has 3 nitrogen and oxygen atoms in total. The van der Waals surface area contributed by atoms with E-state index in [4.69, 9.17) is 16.3 Å². The largest absolute Gasteiger partial charge is 0.492 e. The van der Waals surface area contributed by atoms with Crippen LogP contribution in [0.2, 0.25) is 5.02 Å². The van der Waals surface area contributed by atoms with Crippen molar-refractivity contribution in [2.24, 2.45) is 0 Å². The predicted molar refractivity (Wildman–Crippen MR) is 60.1 cm³/mol. The Labute approximate surface area is 94.9 Å². The highest BCUT2D eigenvalue weighted by Crippen LogP contribution is 2.22. The molecule has 0 saturated heterocycles. The van der Waals surface area contributed by atoms with Gasteiger partial charge < -0.3 is 4.74 Å². The smallest absolute Gasteiger partial charge is 0.147 e. The molecule has 0 aliphatic carbocycles. The number of hydrogen-bond donors (Lipinski definition) is 0. The first-order chi connectivity index (χ1) is 6.99. The maximum Gasteiger partial charge on any atom is 0.147 e. The molecule has 0 N–H and O–H groups in total. The Bertz CT molecular complexity index is 414. The molecule has 0 aliphatic rings. The van der Waals surface area contributed by atoms with Gasteiger partial charge in [-0.1, -0.05) is 17.7 Å². The molecule has 0 heterocycles. The summed E-state index contributed by atoms with van der Waals surface area (Å²) in [5, 5.41) is 0.483. The molecule has 1 radical (unpaired) electrons. The molecule has 0 atom stereocenters. The van der Waals surface area contributed by atoms with E-state index in [0.717, 1.165) is 0 Å². The van der Waals surface area contributed by atoms with E-state index in [9.17, 15) is 8.42 Å². The number of hydrogen-bond acceptors (Lipinski definition) is 3. The highest BCUT2D eigenvalue weighted by atomic mass is 35.5. The first-order valence-corrected chi connectivity index (χ1v) is 6.89. The van der Waals surface area contributed by atoms with E-state index in [1.807, 2.05) is 0 Å². The molecule has 15 heavy (non-hydrogen) atoms. The van der Waals surface area contributed by atoms with Gasteiger partial charge in [0.05, 0.1) is 17.4 Å². The second kappa shape index (κ2) is 5.37. The molecule has 83 valence electrons. The van der Waals surface area contributed by atoms with Gasteiger partial charge >= 0.3 is 0 Å². The summed E-state index contributed by atoms with van der Waals surface area (Å²) in [4.78, 5) is 0. The van der Waals surface area contributed by atoms with Gasteiger partial charge in [-0.05, 0) is 24.6 Å². The van der Waals surface area contributed by atoms with E-state index in [2.05, 4.69) is 6.07 Å². The number of benzene rings is 1. The Morgan fingerprint density at radius 1 is 1.53 bits per heavy atom. The van der Waals surface area contributed by atoms with Gasteiger partial charge in [0.25, 0.3) is 0 Å². The number of rotatable bonds is 5. The monoisotopic (exact) mass is 247 g/mol. The van der Waals surface area contributed by atoms with Gasteiger partial charge in [0.1, 0.15) is 15.6 Å². The van der Waals surface area contributed by atoms with Crippen molar-refractivity contribution < 1.29 is 13.2 Å². The Morgan fingerprint density at radius 2 is 2.27 bits per heavy atom. The fraction of sp³-hybridized carbons (Fsp3) is 0.400. The average Bonchev–Trinajstić information content (AvgIpc) is 2.13. The third-order valence-corrected chi connectivity index (χ3v) is 3.02. The molecule has 0 fully saturated rings. The summed E-state index contributed by atoms with van der Waals surface area (Å²) in [6.07, 6.45) is 1.67. The topological polar surface area (TPSA) is 43.4 Å². The van der Waals surface area contributed by atoms with Gasteiger partial charge in [-0.2, -0.15) is 0 Å². The number of sulfone groups is 1. The van der Waals surface area contributed by atoms with Crippen LogP contribution in [0.5, 0.6) is 5.75 Å². The van der Waals surface area contributed by atoms with Crippen molar-refractivity contribution in [3.8, 4) is 5.75 Å². The lowest BCUT2D eigenvalue weighted by molar-refractivity contribution is 0.318. The quantitative estimate of drug-likeness (QED) is 0.747. The summed E-state index contributed by atoms with van der Waals surface area (Å²) in [6.45, 7) is 0.344. The van der Waals surface area contributed by atoms with Gasteiger partial charge in [-0.3, -0.25) is 0 Å². The van der Waals surface area contributed by atoms with Crippen molar-refractivity contribution in [1.29, 1.82) is 0 Å². The summed E-state index contributed by atoms with van der Waals surface area (Å²) in [5.74, 6) is 0.688. The second-order valence-corrected chi connectivity index (χ2v) is 5.86. The summed E-state index contributed by atoms with van der Waals surface area (Å²) >= 11 is 5.82. The maximum absolute atomic E-state index is 10.8. The molecule has 0 bridgehead atoms. The number of halogens is 1. The molecule has 5 heteroatoms. The standard InChI is InChI=1S/C10H12ClO3S/c1-15(12,13)8-4-7-14-10-6-3-2-5-9(10)11/h3,5-6H,4,7-8H2,1H3. The zero-order valence-corrected chi connectivity index (χ0v) is 9.94. The van der Waals surface area contributed by atoms with Gasteiger partial charge in [-0.25, -0.2) is 8.42 Å². The van der Waals surface area contributed by atoms with Crippen LogP contribution in [-0.2, 0) is 9.84 Å². The molecule has 0 amide bonds. The Morgan fingerprint density at radius 3 is 2.87 bits per heavy atom. The van der Waals surface area contributed by atoms with Crippen LogP contribution in [0.25, 0.3) is 0 Å². The molecular weight excluding hydrogens is 236 g/mol. The van der Waals surface area contributed by atoms with Crippen molar-refractivity contribution in [1.82, 2.24) is 0 Å². The third-order valence-electron chi connectivity index (χ3n) is 1.69. The van der Waals surface area contributed by atoms with Crippen LogP contribution < -0.4 is 4.74 Å². The molecule has 0 unspecified atom stereocenters. The van der Waals surface area contributed by atoms with Crippen molar-refractivity contribution >= 4 is 21.4 Å². The van der Waals surface area contributed by atoms with Crippen molar-refractivity contribution in [2.45, 2.75) is 6.42 Å². The molecular formula is C10H12ClO3S. The number of ether oxygens (including phenoxy) is 1. The molecule has 0 aliphatic heterocycles. The first kappa shape index (κ1) is 12.3. The summed E-state index contributed by atoms with van der Waals surface area (Å²) in [5.41, 5.74) is 0. The third kappa shape index (κ3) is 5.04. The zero-order chi connectivity index (χ0) is 11.3. The summed E-state index contributed by atoms with van der Waals surface area (Å²) in [6, 6.07) is 7.80. The first-order valence-electron chi connectivity index (χ1n) is 4.45. The minimum Gasteiger partial charge on any atom is -0.492 e. The van der Waals surface area contributed by atoms with E-state index in [0.29, 0.717) is 23.8 Å². The van der Waals surface area contributed by atoms with Gasteiger partial charge in [0.15, 0.2) is 0 Å². The lowest BCUT2D eigenvalue weighted by Gasteiger charge is -2.06. The van der Waals surface area contributed by atoms with Crippen LogP contribution in [0.3, 0.4) is 0 Å². The SMILES string of the molecule is CS(=O)(=O)CCCOc1cc[c]cc1Cl. The van der Waals surface area contributed by atoms with Crippen LogP contribution in [0.15, 0.2) is 18.2 Å². The van der Waals surface area contributed by atoms with Gasteiger partial charge in [0.2, 0.25) is 0 Å². The lowest BCUT2D eigenvalue weighted by atomic mass is 10.3. The van der Waals surface area contributed by atoms with Gasteiger partial charge in [-0.15, -0.1) is 0 Å². The minimum atomic E-state index is -2.91. The van der Waals surface area contributed by atoms with Crippen molar-refractivity contribution in [3.63, 3.8) is 0 Å². The second-order valence-electron chi connectivity index (χ2n) is 3.19. The summed E-state index contributed by atoms with van der Waals surface area (Å²) < 4.78 is 27.0. The van der Waals surface area contributed by atoms with E-state index in [1.54, 1.807) is 18.2 Å². The van der Waals surface area contributed by atoms with Crippen LogP contribution in [0.4, 0.5) is 0 Å². The molecule has 1 aromatic rings. The Balaban J connectivity index is 2.36. The fourth-order valence-electron chi connectivity index (χ4n) is 1.02. The highest BCUT2D eigenvalue weighted by molar-refractivity contribution is 7.90. The molecule has 0 aromatic heterocycles. The minimum absolute atomic E-state index is 0.129. The van der Waals surface area contributed by atoms with E-state index < -0.39 is 9.84 Å². The molecule has 1 aromatic carbocycles. The summed E-state index contributed by atoms with van der Waals surface area (Å²) in [7, 11) is -2.91. The zero-order valence-electron chi connectivity index (χ0n) is 8.36. The maximum atomic E-state index is 10.8.